The van der Waals surface area contributed by atoms with Gasteiger partial charge in [0.2, 0.25) is 0 Å². The number of aromatic nitrogens is 4. The van der Waals surface area contributed by atoms with Gasteiger partial charge in [0.25, 0.3) is 0 Å². The minimum Gasteiger partial charge on any atom is -0.338 e. The molecule has 0 fully saturated rings. The van der Waals surface area contributed by atoms with Gasteiger partial charge < -0.3 is 5.32 Å². The second-order valence-corrected chi connectivity index (χ2v) is 8.95. The first-order valence-electron chi connectivity index (χ1n) is 10.8. The first-order valence-corrected chi connectivity index (χ1v) is 10.8. The number of benzene rings is 1. The molecule has 0 bridgehead atoms. The van der Waals surface area contributed by atoms with Crippen molar-refractivity contribution in [3.63, 3.8) is 0 Å². The third-order valence-electron chi connectivity index (χ3n) is 5.39. The Balaban J connectivity index is 1.92. The summed E-state index contributed by atoms with van der Waals surface area (Å²) in [6, 6.07) is 10.2. The van der Waals surface area contributed by atoms with Crippen molar-refractivity contribution >= 4 is 17.5 Å². The fraction of sp³-hybridized carbons (Fsp3) is 0.280. The van der Waals surface area contributed by atoms with Crippen molar-refractivity contribution in [1.82, 2.24) is 24.9 Å². The van der Waals surface area contributed by atoms with Crippen molar-refractivity contribution in [2.24, 2.45) is 0 Å². The van der Waals surface area contributed by atoms with Gasteiger partial charge in [-0.25, -0.2) is 23.7 Å². The van der Waals surface area contributed by atoms with E-state index in [9.17, 15) is 9.18 Å². The van der Waals surface area contributed by atoms with Crippen LogP contribution in [0.3, 0.4) is 0 Å². The molecular weight excluding hydrogens is 419 g/mol. The Kier molecular flexibility index (Phi) is 5.84. The van der Waals surface area contributed by atoms with E-state index in [0.29, 0.717) is 29.3 Å². The number of pyridine rings is 1. The number of amides is 2. The third-order valence-corrected chi connectivity index (χ3v) is 5.39. The lowest BCUT2D eigenvalue weighted by Crippen LogP contribution is -2.28. The Morgan fingerprint density at radius 1 is 1.12 bits per heavy atom. The van der Waals surface area contributed by atoms with Gasteiger partial charge in [0.05, 0.1) is 11.9 Å². The summed E-state index contributed by atoms with van der Waals surface area (Å²) >= 11 is 0. The van der Waals surface area contributed by atoms with Crippen LogP contribution in [0.2, 0.25) is 0 Å². The molecule has 0 aliphatic rings. The molecular formula is C25H27FN6O. The number of rotatable bonds is 4. The molecule has 3 aromatic heterocycles. The van der Waals surface area contributed by atoms with Crippen LogP contribution in [-0.2, 0) is 5.41 Å². The molecule has 2 amide bonds. The summed E-state index contributed by atoms with van der Waals surface area (Å²) in [4.78, 5) is 21.1. The molecule has 0 aliphatic carbocycles. The number of hydrogen-bond acceptors (Lipinski definition) is 4. The van der Waals surface area contributed by atoms with Crippen LogP contribution in [0.5, 0.6) is 0 Å². The minimum absolute atomic E-state index is 0.0894. The van der Waals surface area contributed by atoms with E-state index in [-0.39, 0.29) is 17.3 Å². The molecule has 1 aromatic carbocycles. The topological polar surface area (TPSA) is 84.2 Å². The van der Waals surface area contributed by atoms with Crippen molar-refractivity contribution in [2.75, 3.05) is 11.9 Å². The number of carbonyl (C=O) groups is 1. The monoisotopic (exact) mass is 446 g/mol. The lowest BCUT2D eigenvalue weighted by molar-refractivity contribution is 0.252. The van der Waals surface area contributed by atoms with Crippen LogP contribution in [0.15, 0.2) is 48.8 Å². The lowest BCUT2D eigenvalue weighted by Gasteiger charge is -2.18. The van der Waals surface area contributed by atoms with E-state index >= 15 is 0 Å². The van der Waals surface area contributed by atoms with E-state index in [2.05, 4.69) is 36.4 Å². The quantitative estimate of drug-likeness (QED) is 0.443. The first-order chi connectivity index (χ1) is 15.7. The van der Waals surface area contributed by atoms with E-state index in [1.165, 1.54) is 6.07 Å². The maximum atomic E-state index is 14.0. The zero-order valence-electron chi connectivity index (χ0n) is 19.4. The van der Waals surface area contributed by atoms with Gasteiger partial charge in [-0.2, -0.15) is 5.10 Å². The summed E-state index contributed by atoms with van der Waals surface area (Å²) in [5.41, 5.74) is 5.15. The molecule has 3 heterocycles. The Labute approximate surface area is 192 Å². The van der Waals surface area contributed by atoms with Crippen molar-refractivity contribution < 1.29 is 9.18 Å². The van der Waals surface area contributed by atoms with E-state index in [4.69, 9.17) is 10.1 Å². The molecule has 0 radical (unpaired) electrons. The van der Waals surface area contributed by atoms with E-state index in [1.54, 1.807) is 35.8 Å². The Bertz CT molecular complexity index is 1340. The van der Waals surface area contributed by atoms with Crippen LogP contribution in [0.25, 0.3) is 28.2 Å². The Hall–Kier alpha value is -3.81. The highest BCUT2D eigenvalue weighted by atomic mass is 19.1. The third kappa shape index (κ3) is 4.55. The molecule has 170 valence electrons. The van der Waals surface area contributed by atoms with Gasteiger partial charge in [0, 0.05) is 23.9 Å². The van der Waals surface area contributed by atoms with E-state index in [0.717, 1.165) is 22.4 Å². The zero-order valence-corrected chi connectivity index (χ0v) is 19.4. The molecule has 7 nitrogen and oxygen atoms in total. The van der Waals surface area contributed by atoms with Crippen LogP contribution in [0.1, 0.15) is 38.8 Å². The minimum atomic E-state index is -0.331. The number of fused-ring (bicyclic) bond motifs is 1. The van der Waals surface area contributed by atoms with Crippen molar-refractivity contribution in [3.8, 4) is 22.5 Å². The van der Waals surface area contributed by atoms with Gasteiger partial charge in [0.1, 0.15) is 17.3 Å². The van der Waals surface area contributed by atoms with Gasteiger partial charge in [-0.15, -0.1) is 0 Å². The van der Waals surface area contributed by atoms with E-state index < -0.39 is 0 Å². The number of nitrogens with zero attached hydrogens (tertiary/aromatic N) is 4. The highest BCUT2D eigenvalue weighted by molar-refractivity contribution is 5.89. The number of hydrogen-bond donors (Lipinski definition) is 2. The molecule has 0 spiro atoms. The van der Waals surface area contributed by atoms with Gasteiger partial charge in [-0.3, -0.25) is 5.32 Å². The second-order valence-electron chi connectivity index (χ2n) is 8.95. The summed E-state index contributed by atoms with van der Waals surface area (Å²) in [6.45, 7) is 10.4. The number of halogens is 1. The summed E-state index contributed by atoms with van der Waals surface area (Å²) < 4.78 is 15.7. The number of carbonyl (C=O) groups excluding carboxylic acids is 1. The normalized spacial score (nSPS) is 11.6. The maximum absolute atomic E-state index is 14.0. The summed E-state index contributed by atoms with van der Waals surface area (Å²) in [7, 11) is 0. The largest absolute Gasteiger partial charge is 0.338 e. The molecule has 4 aromatic rings. The fourth-order valence-electron chi connectivity index (χ4n) is 3.57. The van der Waals surface area contributed by atoms with Crippen LogP contribution in [-0.4, -0.2) is 32.2 Å². The number of aryl methyl sites for hydroxylation is 1. The van der Waals surface area contributed by atoms with Crippen LogP contribution in [0, 0.1) is 12.7 Å². The standard InChI is InChI=1S/C25H27FN6O/c1-6-27-24(33)30-20-12-17(9-10-28-20)23-22(16-7-8-19(26)15(2)11-16)31-21-13-18(25(3,4)5)14-29-32(21)23/h7-14H,6H2,1-5H3,(H2,27,28,30,33). The number of anilines is 1. The molecule has 4 rings (SSSR count). The number of imidazole rings is 1. The maximum Gasteiger partial charge on any atom is 0.320 e. The van der Waals surface area contributed by atoms with Crippen LogP contribution < -0.4 is 10.6 Å². The Morgan fingerprint density at radius 2 is 1.91 bits per heavy atom. The van der Waals surface area contributed by atoms with Crippen LogP contribution >= 0.6 is 0 Å². The van der Waals surface area contributed by atoms with Gasteiger partial charge in [-0.05, 0) is 66.8 Å². The van der Waals surface area contributed by atoms with Crippen LogP contribution in [0.4, 0.5) is 15.0 Å². The predicted molar refractivity (Wildman–Crippen MR) is 128 cm³/mol. The van der Waals surface area contributed by atoms with Gasteiger partial charge in [0.15, 0.2) is 5.65 Å². The van der Waals surface area contributed by atoms with Crippen molar-refractivity contribution in [3.05, 3.63) is 65.7 Å². The van der Waals surface area contributed by atoms with E-state index in [1.807, 2.05) is 25.3 Å². The fourth-order valence-corrected chi connectivity index (χ4v) is 3.57. The summed E-state index contributed by atoms with van der Waals surface area (Å²) in [6.07, 6.45) is 3.46. The molecule has 33 heavy (non-hydrogen) atoms. The smallest absolute Gasteiger partial charge is 0.320 e. The zero-order chi connectivity index (χ0) is 23.8. The van der Waals surface area contributed by atoms with Crippen molar-refractivity contribution in [2.45, 2.75) is 40.0 Å². The molecule has 2 N–H and O–H groups in total. The average molecular weight is 447 g/mol. The molecule has 0 saturated carbocycles. The second kappa shape index (κ2) is 8.61. The highest BCUT2D eigenvalue weighted by Crippen LogP contribution is 2.34. The summed E-state index contributed by atoms with van der Waals surface area (Å²) in [5, 5.41) is 10.1. The van der Waals surface area contributed by atoms with Gasteiger partial charge in [-0.1, -0.05) is 20.8 Å². The molecule has 0 saturated heterocycles. The van der Waals surface area contributed by atoms with Crippen molar-refractivity contribution in [1.29, 1.82) is 0 Å². The highest BCUT2D eigenvalue weighted by Gasteiger charge is 2.21. The SMILES string of the molecule is CCNC(=O)Nc1cc(-c2c(-c3ccc(F)c(C)c3)nc3cc(C(C)(C)C)cnn23)ccn1. The number of urea groups is 1. The lowest BCUT2D eigenvalue weighted by atomic mass is 9.89. The Morgan fingerprint density at radius 3 is 2.61 bits per heavy atom. The number of nitrogens with one attached hydrogen (secondary N) is 2. The molecule has 8 heteroatoms. The predicted octanol–water partition coefficient (Wildman–Crippen LogP) is 5.34. The molecule has 0 aliphatic heterocycles. The average Bonchev–Trinajstić information content (AvgIpc) is 3.14. The first kappa shape index (κ1) is 22.4. The van der Waals surface area contributed by atoms with Gasteiger partial charge >= 0.3 is 6.03 Å². The summed E-state index contributed by atoms with van der Waals surface area (Å²) in [5.74, 6) is 0.135. The molecule has 0 atom stereocenters. The molecule has 0 unspecified atom stereocenters.